The van der Waals surface area contributed by atoms with Crippen molar-refractivity contribution in [1.82, 2.24) is 6.15 Å². The first-order chi connectivity index (χ1) is 12.3. The van der Waals surface area contributed by atoms with Crippen LogP contribution < -0.4 is 18.6 Å². The van der Waals surface area contributed by atoms with E-state index in [1.807, 2.05) is 30.3 Å². The van der Waals surface area contributed by atoms with Gasteiger partial charge in [0.15, 0.2) is 0 Å². The molecule has 28 heavy (non-hydrogen) atoms. The summed E-state index contributed by atoms with van der Waals surface area (Å²) in [5.41, 5.74) is 1.07. The van der Waals surface area contributed by atoms with Crippen molar-refractivity contribution in [2.75, 3.05) is 0 Å². The van der Waals surface area contributed by atoms with E-state index in [9.17, 15) is 0 Å². The van der Waals surface area contributed by atoms with E-state index < -0.39 is 0 Å². The molecule has 0 aliphatic carbocycles. The first-order valence-corrected chi connectivity index (χ1v) is 11.2. The standard InChI is InChI=1S/C18H38.C7H7.ClH.Mg.H3N/c1-3-5-7-9-11-13-15-17-18-16-14-12-10-8-6-4-2;1-7-5-3-2-4-6-7;;;/h3-18H2,1-2H3;2-6H,1H2;1H;;1H3/q;-1;;+2;/p-1. The third-order valence-corrected chi connectivity index (χ3v) is 4.80. The van der Waals surface area contributed by atoms with Crippen LogP contribution in [0.15, 0.2) is 30.3 Å². The molecule has 1 aromatic carbocycles. The minimum absolute atomic E-state index is 0. The summed E-state index contributed by atoms with van der Waals surface area (Å²) in [7, 11) is 0. The molecule has 0 saturated heterocycles. The van der Waals surface area contributed by atoms with E-state index in [4.69, 9.17) is 0 Å². The number of unbranched alkanes of at least 4 members (excludes halogenated alkanes) is 15. The Morgan fingerprint density at radius 2 is 0.786 bits per heavy atom. The Balaban J connectivity index is -0.000000244. The molecule has 0 fully saturated rings. The summed E-state index contributed by atoms with van der Waals surface area (Å²) in [4.78, 5) is 0. The minimum Gasteiger partial charge on any atom is -1.00 e. The molecule has 162 valence electrons. The Morgan fingerprint density at radius 3 is 0.964 bits per heavy atom. The van der Waals surface area contributed by atoms with E-state index in [1.54, 1.807) is 0 Å². The van der Waals surface area contributed by atoms with Crippen molar-refractivity contribution in [3.8, 4) is 0 Å². The third-order valence-electron chi connectivity index (χ3n) is 4.80. The van der Waals surface area contributed by atoms with Crippen molar-refractivity contribution in [3.63, 3.8) is 0 Å². The molecule has 0 saturated carbocycles. The van der Waals surface area contributed by atoms with E-state index in [0.29, 0.717) is 0 Å². The largest absolute Gasteiger partial charge is 2.00 e. The Labute approximate surface area is 200 Å². The molecule has 0 radical (unpaired) electrons. The number of benzene rings is 1. The van der Waals surface area contributed by atoms with Crippen LogP contribution in [0, 0.1) is 6.92 Å². The van der Waals surface area contributed by atoms with Gasteiger partial charge in [-0.1, -0.05) is 123 Å². The molecule has 0 bridgehead atoms. The van der Waals surface area contributed by atoms with Crippen LogP contribution in [0.5, 0.6) is 0 Å². The predicted molar refractivity (Wildman–Crippen MR) is 127 cm³/mol. The predicted octanol–water partition coefficient (Wildman–Crippen LogP) is 5.92. The van der Waals surface area contributed by atoms with Crippen LogP contribution in [0.3, 0.4) is 0 Å². The molecule has 0 aliphatic heterocycles. The van der Waals surface area contributed by atoms with E-state index in [1.165, 1.54) is 103 Å². The van der Waals surface area contributed by atoms with Gasteiger partial charge in [0, 0.05) is 0 Å². The molecule has 0 aromatic heterocycles. The molecular formula is C25H48ClMgN. The second-order valence-corrected chi connectivity index (χ2v) is 7.44. The molecule has 0 spiro atoms. The molecule has 3 heteroatoms. The summed E-state index contributed by atoms with van der Waals surface area (Å²) in [6, 6.07) is 9.87. The minimum atomic E-state index is 0. The fourth-order valence-electron chi connectivity index (χ4n) is 3.10. The van der Waals surface area contributed by atoms with E-state index in [0.717, 1.165) is 5.56 Å². The summed E-state index contributed by atoms with van der Waals surface area (Å²) in [6.07, 6.45) is 23.4. The van der Waals surface area contributed by atoms with Crippen LogP contribution in [0.1, 0.15) is 122 Å². The van der Waals surface area contributed by atoms with E-state index in [-0.39, 0.29) is 41.6 Å². The van der Waals surface area contributed by atoms with Crippen molar-refractivity contribution in [2.45, 2.75) is 117 Å². The molecule has 3 N–H and O–H groups in total. The second kappa shape index (κ2) is 31.8. The van der Waals surface area contributed by atoms with E-state index >= 15 is 0 Å². The number of hydrogen-bond donors (Lipinski definition) is 1. The van der Waals surface area contributed by atoms with Crippen molar-refractivity contribution in [3.05, 3.63) is 42.8 Å². The Bertz CT molecular complexity index is 330. The van der Waals surface area contributed by atoms with Crippen LogP contribution in [-0.4, -0.2) is 23.1 Å². The average molecular weight is 422 g/mol. The van der Waals surface area contributed by atoms with Crippen LogP contribution in [0.25, 0.3) is 0 Å². The van der Waals surface area contributed by atoms with Gasteiger partial charge in [0.25, 0.3) is 0 Å². The first kappa shape index (κ1) is 35.5. The maximum absolute atomic E-state index is 3.72. The summed E-state index contributed by atoms with van der Waals surface area (Å²) in [5.74, 6) is 0. The molecule has 0 atom stereocenters. The molecular weight excluding hydrogens is 374 g/mol. The topological polar surface area (TPSA) is 35.0 Å². The second-order valence-electron chi connectivity index (χ2n) is 7.44. The van der Waals surface area contributed by atoms with Crippen LogP contribution in [0.2, 0.25) is 0 Å². The normalized spacial score (nSPS) is 9.21. The molecule has 0 heterocycles. The van der Waals surface area contributed by atoms with Gasteiger partial charge in [-0.3, -0.25) is 0 Å². The summed E-state index contributed by atoms with van der Waals surface area (Å²) < 4.78 is 0. The van der Waals surface area contributed by atoms with Gasteiger partial charge in [0.2, 0.25) is 0 Å². The monoisotopic (exact) mass is 421 g/mol. The number of halogens is 1. The van der Waals surface area contributed by atoms with Crippen LogP contribution in [-0.2, 0) is 0 Å². The van der Waals surface area contributed by atoms with Gasteiger partial charge < -0.3 is 18.6 Å². The SMILES string of the molecule is CCCCCCCCCCCCCCCCCC.N.[CH2-]c1ccccc1.[Cl-].[Mg+2]. The molecule has 1 aromatic rings. The van der Waals surface area contributed by atoms with Crippen molar-refractivity contribution < 1.29 is 12.4 Å². The van der Waals surface area contributed by atoms with Gasteiger partial charge in [-0.2, -0.15) is 24.6 Å². The zero-order valence-electron chi connectivity index (χ0n) is 19.2. The maximum atomic E-state index is 3.72. The summed E-state index contributed by atoms with van der Waals surface area (Å²) >= 11 is 0. The number of hydrogen-bond acceptors (Lipinski definition) is 1. The fourth-order valence-corrected chi connectivity index (χ4v) is 3.10. The average Bonchev–Trinajstić information content (AvgIpc) is 2.63. The van der Waals surface area contributed by atoms with E-state index in [2.05, 4.69) is 20.8 Å². The molecule has 1 rings (SSSR count). The van der Waals surface area contributed by atoms with Gasteiger partial charge in [-0.15, -0.1) is 12.1 Å². The smallest absolute Gasteiger partial charge is 1.00 e. The van der Waals surface area contributed by atoms with Gasteiger partial charge in [-0.25, -0.2) is 0 Å². The molecule has 0 amide bonds. The quantitative estimate of drug-likeness (QED) is 0.212. The van der Waals surface area contributed by atoms with Crippen molar-refractivity contribution in [1.29, 1.82) is 0 Å². The molecule has 1 nitrogen and oxygen atoms in total. The first-order valence-electron chi connectivity index (χ1n) is 11.2. The van der Waals surface area contributed by atoms with Gasteiger partial charge in [0.1, 0.15) is 0 Å². The number of rotatable bonds is 15. The molecule has 0 unspecified atom stereocenters. The fraction of sp³-hybridized carbons (Fsp3) is 0.720. The third kappa shape index (κ3) is 30.8. The van der Waals surface area contributed by atoms with Gasteiger partial charge >= 0.3 is 23.1 Å². The van der Waals surface area contributed by atoms with Gasteiger partial charge in [0.05, 0.1) is 0 Å². The maximum Gasteiger partial charge on any atom is 2.00 e. The Hall–Kier alpha value is 0.106. The molecule has 0 aliphatic rings. The Kier molecular flexibility index (Phi) is 40.3. The summed E-state index contributed by atoms with van der Waals surface area (Å²) in [6.45, 7) is 8.31. The zero-order chi connectivity index (χ0) is 18.4. The van der Waals surface area contributed by atoms with Crippen molar-refractivity contribution >= 4 is 23.1 Å². The summed E-state index contributed by atoms with van der Waals surface area (Å²) in [5, 5.41) is 0. The Morgan fingerprint density at radius 1 is 0.536 bits per heavy atom. The van der Waals surface area contributed by atoms with Crippen molar-refractivity contribution in [2.24, 2.45) is 0 Å². The van der Waals surface area contributed by atoms with Crippen LogP contribution in [0.4, 0.5) is 0 Å². The van der Waals surface area contributed by atoms with Gasteiger partial charge in [-0.05, 0) is 0 Å². The zero-order valence-corrected chi connectivity index (χ0v) is 21.4. The van der Waals surface area contributed by atoms with Crippen LogP contribution >= 0.6 is 0 Å².